The van der Waals surface area contributed by atoms with Gasteiger partial charge < -0.3 is 24.8 Å². The van der Waals surface area contributed by atoms with Gasteiger partial charge in [-0.1, -0.05) is 11.6 Å². The SMILES string of the molecule is COc1cc(Cl)c(C)cc1NCC(=O)Nc1ccc2c(c1)OCO2. The number of benzene rings is 2. The van der Waals surface area contributed by atoms with Gasteiger partial charge in [0.25, 0.3) is 0 Å². The van der Waals surface area contributed by atoms with Crippen molar-refractivity contribution in [3.05, 3.63) is 40.9 Å². The fraction of sp³-hybridized carbons (Fsp3) is 0.235. The molecule has 0 spiro atoms. The van der Waals surface area contributed by atoms with Crippen LogP contribution in [-0.2, 0) is 4.79 Å². The average Bonchev–Trinajstić information content (AvgIpc) is 3.03. The molecule has 0 unspecified atom stereocenters. The quantitative estimate of drug-likeness (QED) is 0.866. The molecular weight excluding hydrogens is 332 g/mol. The number of halogens is 1. The molecule has 0 aromatic heterocycles. The van der Waals surface area contributed by atoms with E-state index in [1.54, 1.807) is 31.4 Å². The Hall–Kier alpha value is -2.60. The van der Waals surface area contributed by atoms with Gasteiger partial charge in [0.1, 0.15) is 5.75 Å². The van der Waals surface area contributed by atoms with Gasteiger partial charge in [-0.3, -0.25) is 4.79 Å². The van der Waals surface area contributed by atoms with Crippen LogP contribution in [0, 0.1) is 6.92 Å². The van der Waals surface area contributed by atoms with E-state index in [1.165, 1.54) is 0 Å². The molecular formula is C17H17ClN2O4. The van der Waals surface area contributed by atoms with Gasteiger partial charge in [-0.2, -0.15) is 0 Å². The molecule has 1 amide bonds. The predicted octanol–water partition coefficient (Wildman–Crippen LogP) is 3.44. The summed E-state index contributed by atoms with van der Waals surface area (Å²) in [5.41, 5.74) is 2.25. The molecule has 0 fully saturated rings. The summed E-state index contributed by atoms with van der Waals surface area (Å²) >= 11 is 6.07. The second-order valence-corrected chi connectivity index (χ2v) is 5.68. The number of rotatable bonds is 5. The monoisotopic (exact) mass is 348 g/mol. The minimum Gasteiger partial charge on any atom is -0.495 e. The van der Waals surface area contributed by atoms with Crippen LogP contribution in [0.1, 0.15) is 5.56 Å². The molecule has 0 saturated heterocycles. The van der Waals surface area contributed by atoms with E-state index in [2.05, 4.69) is 10.6 Å². The second-order valence-electron chi connectivity index (χ2n) is 5.27. The lowest BCUT2D eigenvalue weighted by Gasteiger charge is -2.13. The van der Waals surface area contributed by atoms with Crippen molar-refractivity contribution in [3.63, 3.8) is 0 Å². The van der Waals surface area contributed by atoms with Crippen molar-refractivity contribution in [1.29, 1.82) is 0 Å². The number of nitrogens with one attached hydrogen (secondary N) is 2. The van der Waals surface area contributed by atoms with Crippen LogP contribution in [0.25, 0.3) is 0 Å². The first-order chi connectivity index (χ1) is 11.6. The normalized spacial score (nSPS) is 12.0. The van der Waals surface area contributed by atoms with Crippen LogP contribution in [0.2, 0.25) is 5.02 Å². The van der Waals surface area contributed by atoms with Gasteiger partial charge in [0.2, 0.25) is 12.7 Å². The van der Waals surface area contributed by atoms with Gasteiger partial charge >= 0.3 is 0 Å². The summed E-state index contributed by atoms with van der Waals surface area (Å²) in [7, 11) is 1.55. The summed E-state index contributed by atoms with van der Waals surface area (Å²) in [5.74, 6) is 1.69. The molecule has 6 nitrogen and oxygen atoms in total. The van der Waals surface area contributed by atoms with Crippen LogP contribution in [0.15, 0.2) is 30.3 Å². The maximum Gasteiger partial charge on any atom is 0.243 e. The van der Waals surface area contributed by atoms with Crippen molar-refractivity contribution >= 4 is 28.9 Å². The highest BCUT2D eigenvalue weighted by Crippen LogP contribution is 2.34. The lowest BCUT2D eigenvalue weighted by molar-refractivity contribution is -0.114. The minimum absolute atomic E-state index is 0.0892. The van der Waals surface area contributed by atoms with Crippen molar-refractivity contribution in [2.45, 2.75) is 6.92 Å². The smallest absolute Gasteiger partial charge is 0.243 e. The van der Waals surface area contributed by atoms with E-state index in [0.29, 0.717) is 33.6 Å². The third-order valence-corrected chi connectivity index (χ3v) is 3.98. The summed E-state index contributed by atoms with van der Waals surface area (Å²) in [6.45, 7) is 2.18. The molecule has 2 aromatic carbocycles. The Balaban J connectivity index is 1.63. The van der Waals surface area contributed by atoms with Crippen molar-refractivity contribution in [1.82, 2.24) is 0 Å². The molecule has 1 aliphatic rings. The fourth-order valence-corrected chi connectivity index (χ4v) is 2.48. The van der Waals surface area contributed by atoms with Crippen LogP contribution in [0.3, 0.4) is 0 Å². The Labute approximate surface area is 144 Å². The zero-order valence-corrected chi connectivity index (χ0v) is 14.1. The Morgan fingerprint density at radius 2 is 2.04 bits per heavy atom. The first-order valence-corrected chi connectivity index (χ1v) is 7.72. The number of fused-ring (bicyclic) bond motifs is 1. The Morgan fingerprint density at radius 3 is 2.83 bits per heavy atom. The lowest BCUT2D eigenvalue weighted by Crippen LogP contribution is -2.22. The molecule has 0 radical (unpaired) electrons. The Bertz CT molecular complexity index is 779. The van der Waals surface area contributed by atoms with Gasteiger partial charge in [-0.05, 0) is 30.7 Å². The van der Waals surface area contributed by atoms with Gasteiger partial charge in [0.15, 0.2) is 11.5 Å². The molecule has 2 N–H and O–H groups in total. The highest BCUT2D eigenvalue weighted by atomic mass is 35.5. The van der Waals surface area contributed by atoms with Crippen LogP contribution in [0.5, 0.6) is 17.2 Å². The number of methoxy groups -OCH3 is 1. The maximum absolute atomic E-state index is 12.1. The number of carbonyl (C=O) groups is 1. The molecule has 0 saturated carbocycles. The summed E-state index contributed by atoms with van der Waals surface area (Å²) < 4.78 is 15.8. The standard InChI is InChI=1S/C17H17ClN2O4/c1-10-5-13(15(22-2)7-12(10)18)19-8-17(21)20-11-3-4-14-16(6-11)24-9-23-14/h3-7,19H,8-9H2,1-2H3,(H,20,21). The molecule has 0 atom stereocenters. The van der Waals surface area contributed by atoms with Gasteiger partial charge in [-0.15, -0.1) is 0 Å². The third kappa shape index (κ3) is 3.49. The van der Waals surface area contributed by atoms with E-state index in [9.17, 15) is 4.79 Å². The van der Waals surface area contributed by atoms with E-state index in [0.717, 1.165) is 5.56 Å². The zero-order valence-electron chi connectivity index (χ0n) is 13.3. The van der Waals surface area contributed by atoms with Gasteiger partial charge in [-0.25, -0.2) is 0 Å². The third-order valence-electron chi connectivity index (χ3n) is 3.58. The molecule has 7 heteroatoms. The number of ether oxygens (including phenoxy) is 3. The van der Waals surface area contributed by atoms with Crippen LogP contribution < -0.4 is 24.8 Å². The minimum atomic E-state index is -0.191. The molecule has 24 heavy (non-hydrogen) atoms. The summed E-state index contributed by atoms with van der Waals surface area (Å²) in [5, 5.41) is 6.47. The van der Waals surface area contributed by atoms with E-state index < -0.39 is 0 Å². The summed E-state index contributed by atoms with van der Waals surface area (Å²) in [6, 6.07) is 8.81. The highest BCUT2D eigenvalue weighted by Gasteiger charge is 2.14. The molecule has 1 heterocycles. The van der Waals surface area contributed by atoms with E-state index in [1.807, 2.05) is 13.0 Å². The Kier molecular flexibility index (Phi) is 4.66. The fourth-order valence-electron chi connectivity index (χ4n) is 2.33. The molecule has 2 aromatic rings. The van der Waals surface area contributed by atoms with Crippen molar-refractivity contribution in [3.8, 4) is 17.2 Å². The van der Waals surface area contributed by atoms with Crippen molar-refractivity contribution in [2.24, 2.45) is 0 Å². The van der Waals surface area contributed by atoms with E-state index >= 15 is 0 Å². The van der Waals surface area contributed by atoms with Crippen molar-refractivity contribution in [2.75, 3.05) is 31.1 Å². The first kappa shape index (κ1) is 16.3. The molecule has 126 valence electrons. The Morgan fingerprint density at radius 1 is 1.25 bits per heavy atom. The number of aryl methyl sites for hydroxylation is 1. The van der Waals surface area contributed by atoms with Gasteiger partial charge in [0.05, 0.1) is 19.3 Å². The number of hydrogen-bond donors (Lipinski definition) is 2. The number of amides is 1. The van der Waals surface area contributed by atoms with Crippen LogP contribution in [0.4, 0.5) is 11.4 Å². The molecule has 1 aliphatic heterocycles. The number of hydrogen-bond acceptors (Lipinski definition) is 5. The number of carbonyl (C=O) groups excluding carboxylic acids is 1. The van der Waals surface area contributed by atoms with Crippen LogP contribution in [-0.4, -0.2) is 26.4 Å². The maximum atomic E-state index is 12.1. The van der Waals surface area contributed by atoms with E-state index in [-0.39, 0.29) is 19.2 Å². The highest BCUT2D eigenvalue weighted by molar-refractivity contribution is 6.31. The second kappa shape index (κ2) is 6.88. The lowest BCUT2D eigenvalue weighted by atomic mass is 10.2. The summed E-state index contributed by atoms with van der Waals surface area (Å²) in [6.07, 6.45) is 0. The first-order valence-electron chi connectivity index (χ1n) is 7.34. The molecule has 3 rings (SSSR count). The summed E-state index contributed by atoms with van der Waals surface area (Å²) in [4.78, 5) is 12.1. The predicted molar refractivity (Wildman–Crippen MR) is 92.4 cm³/mol. The van der Waals surface area contributed by atoms with Gasteiger partial charge in [0, 0.05) is 22.8 Å². The van der Waals surface area contributed by atoms with E-state index in [4.69, 9.17) is 25.8 Å². The average molecular weight is 349 g/mol. The number of anilines is 2. The largest absolute Gasteiger partial charge is 0.495 e. The van der Waals surface area contributed by atoms with Crippen molar-refractivity contribution < 1.29 is 19.0 Å². The zero-order chi connectivity index (χ0) is 17.1. The van der Waals surface area contributed by atoms with Crippen LogP contribution >= 0.6 is 11.6 Å². The molecule has 0 aliphatic carbocycles. The molecule has 0 bridgehead atoms. The topological polar surface area (TPSA) is 68.8 Å².